The second kappa shape index (κ2) is 7.79. The Labute approximate surface area is 158 Å². The molecule has 9 nitrogen and oxygen atoms in total. The number of anilines is 1. The molecule has 1 aliphatic rings. The molecule has 2 aromatic rings. The van der Waals surface area contributed by atoms with Crippen LogP contribution in [0, 0.1) is 3.70 Å². The second-order valence-corrected chi connectivity index (χ2v) is 7.14. The highest BCUT2D eigenvalue weighted by molar-refractivity contribution is 14.1. The maximum absolute atomic E-state index is 11.0. The molecule has 25 heavy (non-hydrogen) atoms. The average molecular weight is 460 g/mol. The summed E-state index contributed by atoms with van der Waals surface area (Å²) in [5.41, 5.74) is 6.66. The van der Waals surface area contributed by atoms with Gasteiger partial charge in [0.05, 0.1) is 18.0 Å². The molecule has 10 heteroatoms. The number of hydrogen-bond donors (Lipinski definition) is 2. The third-order valence-electron chi connectivity index (χ3n) is 4.33. The van der Waals surface area contributed by atoms with Gasteiger partial charge in [-0.1, -0.05) is 0 Å². The predicted molar refractivity (Wildman–Crippen MR) is 100 cm³/mol. The number of aliphatic carboxylic acids is 1. The molecule has 1 atom stereocenters. The maximum Gasteiger partial charge on any atom is 0.311 e. The molecular formula is C15H21IN6O3. The van der Waals surface area contributed by atoms with Gasteiger partial charge < -0.3 is 15.6 Å². The number of carboxylic acids is 1. The first-order valence-electron chi connectivity index (χ1n) is 8.12. The molecule has 0 amide bonds. The van der Waals surface area contributed by atoms with Crippen LogP contribution in [0.25, 0.3) is 11.0 Å². The summed E-state index contributed by atoms with van der Waals surface area (Å²) in [6, 6.07) is 0.170. The van der Waals surface area contributed by atoms with Crippen molar-refractivity contribution in [1.29, 1.82) is 0 Å². The molecule has 0 unspecified atom stereocenters. The van der Waals surface area contributed by atoms with Gasteiger partial charge >= 0.3 is 5.97 Å². The molecule has 0 saturated carbocycles. The van der Waals surface area contributed by atoms with E-state index in [0.29, 0.717) is 17.6 Å². The van der Waals surface area contributed by atoms with Crippen molar-refractivity contribution in [3.8, 4) is 0 Å². The molecule has 0 aliphatic carbocycles. The summed E-state index contributed by atoms with van der Waals surface area (Å²) in [6.45, 7) is 3.47. The monoisotopic (exact) mass is 460 g/mol. The Balaban J connectivity index is 1.95. The number of nitrogen functional groups attached to an aromatic ring is 1. The third kappa shape index (κ3) is 4.01. The van der Waals surface area contributed by atoms with E-state index in [1.165, 1.54) is 0 Å². The van der Waals surface area contributed by atoms with E-state index >= 15 is 0 Å². The van der Waals surface area contributed by atoms with Gasteiger partial charge in [-0.05, 0) is 42.0 Å². The van der Waals surface area contributed by atoms with Crippen molar-refractivity contribution in [2.45, 2.75) is 25.3 Å². The average Bonchev–Trinajstić information content (AvgIpc) is 2.90. The molecule has 2 aromatic heterocycles. The number of carbonyl (C=O) groups is 1. The van der Waals surface area contributed by atoms with Crippen LogP contribution in [0.1, 0.15) is 24.7 Å². The van der Waals surface area contributed by atoms with Gasteiger partial charge in [-0.2, -0.15) is 5.10 Å². The number of aromatic nitrogens is 4. The molecule has 0 spiro atoms. The fourth-order valence-corrected chi connectivity index (χ4v) is 3.94. The van der Waals surface area contributed by atoms with Crippen LogP contribution in [-0.4, -0.2) is 69.1 Å². The number of nitrogens with two attached hydrogens (primary N) is 1. The van der Waals surface area contributed by atoms with Gasteiger partial charge in [-0.3, -0.25) is 9.69 Å². The highest BCUT2D eigenvalue weighted by Crippen LogP contribution is 2.29. The zero-order valence-electron chi connectivity index (χ0n) is 14.0. The summed E-state index contributed by atoms with van der Waals surface area (Å²) in [6.07, 6.45) is 1.80. The number of ether oxygens (including phenoxy) is 1. The SMILES string of the molecule is COCCN1CCC[C@H](n2nc(I)c3c(N)nc(CC(=O)O)nc32)C1. The highest BCUT2D eigenvalue weighted by Gasteiger charge is 2.26. The Hall–Kier alpha value is -1.53. The Kier molecular flexibility index (Phi) is 5.69. The van der Waals surface area contributed by atoms with E-state index < -0.39 is 5.97 Å². The van der Waals surface area contributed by atoms with Crippen molar-refractivity contribution in [3.05, 3.63) is 9.53 Å². The van der Waals surface area contributed by atoms with E-state index in [0.717, 1.165) is 36.2 Å². The minimum absolute atomic E-state index is 0.170. The number of fused-ring (bicyclic) bond motifs is 1. The van der Waals surface area contributed by atoms with E-state index in [1.807, 2.05) is 4.68 Å². The normalized spacial score (nSPS) is 18.7. The van der Waals surface area contributed by atoms with Gasteiger partial charge in [0, 0.05) is 20.2 Å². The van der Waals surface area contributed by atoms with Gasteiger partial charge in [0.2, 0.25) is 0 Å². The number of piperidine rings is 1. The molecule has 0 aromatic carbocycles. The first-order chi connectivity index (χ1) is 12.0. The summed E-state index contributed by atoms with van der Waals surface area (Å²) >= 11 is 2.12. The van der Waals surface area contributed by atoms with Gasteiger partial charge in [0.15, 0.2) is 5.65 Å². The van der Waals surface area contributed by atoms with Gasteiger partial charge in [-0.15, -0.1) is 0 Å². The van der Waals surface area contributed by atoms with Crippen LogP contribution in [0.4, 0.5) is 5.82 Å². The molecule has 3 rings (SSSR count). The lowest BCUT2D eigenvalue weighted by atomic mass is 10.1. The zero-order chi connectivity index (χ0) is 18.0. The Bertz CT molecular complexity index is 780. The number of rotatable bonds is 6. The predicted octanol–water partition coefficient (Wildman–Crippen LogP) is 0.923. The zero-order valence-corrected chi connectivity index (χ0v) is 16.1. The number of hydrogen-bond acceptors (Lipinski definition) is 7. The van der Waals surface area contributed by atoms with E-state index in [4.69, 9.17) is 15.6 Å². The molecule has 1 saturated heterocycles. The quantitative estimate of drug-likeness (QED) is 0.612. The van der Waals surface area contributed by atoms with Crippen LogP contribution in [0.3, 0.4) is 0 Å². The molecule has 136 valence electrons. The summed E-state index contributed by atoms with van der Waals surface area (Å²) in [5.74, 6) is -0.492. The van der Waals surface area contributed by atoms with Crippen LogP contribution in [-0.2, 0) is 16.0 Å². The molecule has 1 aliphatic heterocycles. The molecule has 0 bridgehead atoms. The smallest absolute Gasteiger partial charge is 0.311 e. The van der Waals surface area contributed by atoms with Gasteiger partial charge in [0.25, 0.3) is 0 Å². The van der Waals surface area contributed by atoms with Crippen LogP contribution in [0.15, 0.2) is 0 Å². The van der Waals surface area contributed by atoms with Gasteiger partial charge in [-0.25, -0.2) is 14.6 Å². The highest BCUT2D eigenvalue weighted by atomic mass is 127. The Morgan fingerprint density at radius 3 is 3.00 bits per heavy atom. The van der Waals surface area contributed by atoms with E-state index in [2.05, 4.69) is 42.6 Å². The Morgan fingerprint density at radius 2 is 2.28 bits per heavy atom. The summed E-state index contributed by atoms with van der Waals surface area (Å²) in [7, 11) is 1.70. The standard InChI is InChI=1S/C15H21IN6O3/c1-25-6-5-21-4-2-3-9(8-21)22-15-12(13(16)20-22)14(17)18-10(19-15)7-11(23)24/h9H,2-8H2,1H3,(H,23,24)(H2,17,18,19)/t9-/m0/s1. The largest absolute Gasteiger partial charge is 0.481 e. The minimum atomic E-state index is -0.983. The van der Waals surface area contributed by atoms with Crippen molar-refractivity contribution in [3.63, 3.8) is 0 Å². The number of methoxy groups -OCH3 is 1. The first-order valence-corrected chi connectivity index (χ1v) is 9.20. The van der Waals surface area contributed by atoms with Crippen molar-refractivity contribution in [2.24, 2.45) is 0 Å². The van der Waals surface area contributed by atoms with Crippen LogP contribution < -0.4 is 5.73 Å². The van der Waals surface area contributed by atoms with Crippen molar-refractivity contribution in [1.82, 2.24) is 24.6 Å². The summed E-state index contributed by atoms with van der Waals surface area (Å²) < 4.78 is 7.80. The van der Waals surface area contributed by atoms with Crippen LogP contribution in [0.2, 0.25) is 0 Å². The molecule has 3 N–H and O–H groups in total. The summed E-state index contributed by atoms with van der Waals surface area (Å²) in [5, 5.41) is 14.3. The molecule has 3 heterocycles. The van der Waals surface area contributed by atoms with Crippen molar-refractivity contribution >= 4 is 45.4 Å². The first kappa shape index (κ1) is 18.3. The lowest BCUT2D eigenvalue weighted by Gasteiger charge is -2.32. The van der Waals surface area contributed by atoms with Crippen LogP contribution >= 0.6 is 22.6 Å². The molecule has 0 radical (unpaired) electrons. The second-order valence-electron chi connectivity index (χ2n) is 6.12. The van der Waals surface area contributed by atoms with E-state index in [9.17, 15) is 4.79 Å². The third-order valence-corrected chi connectivity index (χ3v) is 5.09. The van der Waals surface area contributed by atoms with Crippen LogP contribution in [0.5, 0.6) is 0 Å². The lowest BCUT2D eigenvalue weighted by Crippen LogP contribution is -2.38. The number of carboxylic acid groups (broad SMARTS) is 1. The number of halogens is 1. The fourth-order valence-electron chi connectivity index (χ4n) is 3.19. The van der Waals surface area contributed by atoms with E-state index in [1.54, 1.807) is 7.11 Å². The Morgan fingerprint density at radius 1 is 1.48 bits per heavy atom. The van der Waals surface area contributed by atoms with Crippen molar-refractivity contribution < 1.29 is 14.6 Å². The lowest BCUT2D eigenvalue weighted by molar-refractivity contribution is -0.136. The number of nitrogens with zero attached hydrogens (tertiary/aromatic N) is 5. The molecule has 1 fully saturated rings. The number of likely N-dealkylation sites (tertiary alicyclic amines) is 1. The fraction of sp³-hybridized carbons (Fsp3) is 0.600. The maximum atomic E-state index is 11.0. The van der Waals surface area contributed by atoms with E-state index in [-0.39, 0.29) is 24.1 Å². The topological polar surface area (TPSA) is 119 Å². The van der Waals surface area contributed by atoms with Crippen molar-refractivity contribution in [2.75, 3.05) is 39.1 Å². The molecular weight excluding hydrogens is 439 g/mol. The summed E-state index contributed by atoms with van der Waals surface area (Å²) in [4.78, 5) is 21.9. The minimum Gasteiger partial charge on any atom is -0.481 e. The van der Waals surface area contributed by atoms with Gasteiger partial charge in [0.1, 0.15) is 21.8 Å².